The van der Waals surface area contributed by atoms with Crippen molar-refractivity contribution in [1.82, 2.24) is 14.8 Å². The summed E-state index contributed by atoms with van der Waals surface area (Å²) >= 11 is 0. The molecule has 1 aliphatic carbocycles. The minimum Gasteiger partial charge on any atom is -0.328 e. The molecule has 0 amide bonds. The zero-order valence-electron chi connectivity index (χ0n) is 10.3. The largest absolute Gasteiger partial charge is 0.328 e. The molecule has 0 aliphatic heterocycles. The van der Waals surface area contributed by atoms with Gasteiger partial charge in [-0.1, -0.05) is 12.8 Å². The molecule has 2 rings (SSSR count). The third kappa shape index (κ3) is 2.61. The van der Waals surface area contributed by atoms with Gasteiger partial charge in [-0.3, -0.25) is 4.68 Å². The molecule has 1 unspecified atom stereocenters. The Morgan fingerprint density at radius 3 is 2.75 bits per heavy atom. The Labute approximate surface area is 97.2 Å². The maximum Gasteiger partial charge on any atom is 0.154 e. The fourth-order valence-corrected chi connectivity index (χ4v) is 2.37. The van der Waals surface area contributed by atoms with Gasteiger partial charge in [-0.25, -0.2) is 4.98 Å². The first-order valence-corrected chi connectivity index (χ1v) is 6.32. The lowest BCUT2D eigenvalue weighted by Crippen LogP contribution is -2.16. The highest BCUT2D eigenvalue weighted by Crippen LogP contribution is 2.32. The first-order valence-electron chi connectivity index (χ1n) is 6.32. The molecule has 2 N–H and O–H groups in total. The van der Waals surface area contributed by atoms with Crippen molar-refractivity contribution in [2.45, 2.75) is 57.4 Å². The van der Waals surface area contributed by atoms with Crippen molar-refractivity contribution in [2.75, 3.05) is 0 Å². The number of nitrogens with zero attached hydrogens (tertiary/aromatic N) is 3. The summed E-state index contributed by atoms with van der Waals surface area (Å²) in [5.41, 5.74) is 5.76. The van der Waals surface area contributed by atoms with Crippen LogP contribution in [-0.2, 0) is 13.5 Å². The predicted octanol–water partition coefficient (Wildman–Crippen LogP) is 1.75. The van der Waals surface area contributed by atoms with Crippen molar-refractivity contribution >= 4 is 0 Å². The minimum atomic E-state index is 0.242. The van der Waals surface area contributed by atoms with Gasteiger partial charge < -0.3 is 5.73 Å². The summed E-state index contributed by atoms with van der Waals surface area (Å²) in [4.78, 5) is 4.66. The zero-order valence-corrected chi connectivity index (χ0v) is 10.3. The van der Waals surface area contributed by atoms with Crippen LogP contribution in [0.25, 0.3) is 0 Å². The van der Waals surface area contributed by atoms with Crippen LogP contribution in [-0.4, -0.2) is 20.8 Å². The average molecular weight is 222 g/mol. The lowest BCUT2D eigenvalue weighted by Gasteiger charge is -2.03. The van der Waals surface area contributed by atoms with E-state index in [9.17, 15) is 0 Å². The Balaban J connectivity index is 2.02. The summed E-state index contributed by atoms with van der Waals surface area (Å²) in [6, 6.07) is 0.242. The van der Waals surface area contributed by atoms with Crippen LogP contribution in [0.15, 0.2) is 0 Å². The van der Waals surface area contributed by atoms with Crippen molar-refractivity contribution in [1.29, 1.82) is 0 Å². The van der Waals surface area contributed by atoms with Crippen molar-refractivity contribution in [3.63, 3.8) is 0 Å². The molecular weight excluding hydrogens is 200 g/mol. The lowest BCUT2D eigenvalue weighted by atomic mass is 10.1. The van der Waals surface area contributed by atoms with Gasteiger partial charge in [-0.05, 0) is 26.2 Å². The van der Waals surface area contributed by atoms with E-state index in [4.69, 9.17) is 5.73 Å². The highest BCUT2D eigenvalue weighted by Gasteiger charge is 2.22. The molecule has 4 heteroatoms. The standard InChI is InChI=1S/C12H22N4/c1-9(13)7-8-11-14-12(15-16(11)2)10-5-3-4-6-10/h9-10H,3-8,13H2,1-2H3. The minimum absolute atomic E-state index is 0.242. The first-order chi connectivity index (χ1) is 7.66. The van der Waals surface area contributed by atoms with Crippen LogP contribution >= 0.6 is 0 Å². The van der Waals surface area contributed by atoms with Crippen molar-refractivity contribution < 1.29 is 0 Å². The Kier molecular flexibility index (Phi) is 3.59. The van der Waals surface area contributed by atoms with Gasteiger partial charge in [0.05, 0.1) is 0 Å². The van der Waals surface area contributed by atoms with Gasteiger partial charge in [-0.2, -0.15) is 5.10 Å². The Hall–Kier alpha value is -0.900. The van der Waals surface area contributed by atoms with Gasteiger partial charge in [0, 0.05) is 25.4 Å². The fourth-order valence-electron chi connectivity index (χ4n) is 2.37. The molecule has 0 aromatic carbocycles. The average Bonchev–Trinajstić information content (AvgIpc) is 2.83. The monoisotopic (exact) mass is 222 g/mol. The molecule has 0 bridgehead atoms. The SMILES string of the molecule is CC(N)CCc1nc(C2CCCC2)nn1C. The summed E-state index contributed by atoms with van der Waals surface area (Å²) < 4.78 is 1.93. The van der Waals surface area contributed by atoms with E-state index in [1.54, 1.807) is 0 Å². The van der Waals surface area contributed by atoms with Gasteiger partial charge in [0.25, 0.3) is 0 Å². The number of rotatable bonds is 4. The Morgan fingerprint density at radius 1 is 1.44 bits per heavy atom. The molecule has 0 saturated heterocycles. The van der Waals surface area contributed by atoms with Crippen LogP contribution in [0.2, 0.25) is 0 Å². The molecule has 1 atom stereocenters. The fraction of sp³-hybridized carbons (Fsp3) is 0.833. The highest BCUT2D eigenvalue weighted by molar-refractivity contribution is 5.01. The van der Waals surface area contributed by atoms with Gasteiger partial charge in [0.2, 0.25) is 0 Å². The molecule has 1 heterocycles. The summed E-state index contributed by atoms with van der Waals surface area (Å²) in [5, 5.41) is 4.54. The van der Waals surface area contributed by atoms with Crippen LogP contribution in [0.4, 0.5) is 0 Å². The van der Waals surface area contributed by atoms with Crippen LogP contribution in [0.5, 0.6) is 0 Å². The second kappa shape index (κ2) is 4.95. The van der Waals surface area contributed by atoms with E-state index in [1.165, 1.54) is 25.7 Å². The van der Waals surface area contributed by atoms with Crippen LogP contribution in [0.1, 0.15) is 56.6 Å². The van der Waals surface area contributed by atoms with Gasteiger partial charge >= 0.3 is 0 Å². The first kappa shape index (κ1) is 11.6. The van der Waals surface area contributed by atoms with Gasteiger partial charge in [0.1, 0.15) is 5.82 Å². The van der Waals surface area contributed by atoms with E-state index in [0.717, 1.165) is 24.5 Å². The molecule has 1 fully saturated rings. The molecule has 0 radical (unpaired) electrons. The second-order valence-corrected chi connectivity index (χ2v) is 5.01. The number of hydrogen-bond donors (Lipinski definition) is 1. The number of nitrogens with two attached hydrogens (primary N) is 1. The molecule has 4 nitrogen and oxygen atoms in total. The maximum atomic E-state index is 5.76. The lowest BCUT2D eigenvalue weighted by molar-refractivity contribution is 0.611. The highest BCUT2D eigenvalue weighted by atomic mass is 15.3. The Morgan fingerprint density at radius 2 is 2.12 bits per heavy atom. The zero-order chi connectivity index (χ0) is 11.5. The molecular formula is C12H22N4. The van der Waals surface area contributed by atoms with Gasteiger partial charge in [-0.15, -0.1) is 0 Å². The smallest absolute Gasteiger partial charge is 0.154 e. The van der Waals surface area contributed by atoms with E-state index >= 15 is 0 Å². The number of aromatic nitrogens is 3. The maximum absolute atomic E-state index is 5.76. The van der Waals surface area contributed by atoms with Crippen LogP contribution in [0, 0.1) is 0 Å². The van der Waals surface area contributed by atoms with E-state index in [2.05, 4.69) is 10.1 Å². The van der Waals surface area contributed by atoms with E-state index in [1.807, 2.05) is 18.7 Å². The van der Waals surface area contributed by atoms with E-state index in [-0.39, 0.29) is 6.04 Å². The summed E-state index contributed by atoms with van der Waals surface area (Å²) in [7, 11) is 1.99. The molecule has 1 aliphatic rings. The summed E-state index contributed by atoms with van der Waals surface area (Å²) in [6.07, 6.45) is 7.11. The quantitative estimate of drug-likeness (QED) is 0.844. The Bertz CT molecular complexity index is 337. The van der Waals surface area contributed by atoms with Crippen LogP contribution < -0.4 is 5.73 Å². The third-order valence-corrected chi connectivity index (χ3v) is 3.41. The van der Waals surface area contributed by atoms with Crippen LogP contribution in [0.3, 0.4) is 0 Å². The predicted molar refractivity (Wildman–Crippen MR) is 64.2 cm³/mol. The van der Waals surface area contributed by atoms with Crippen molar-refractivity contribution in [2.24, 2.45) is 12.8 Å². The van der Waals surface area contributed by atoms with E-state index in [0.29, 0.717) is 5.92 Å². The topological polar surface area (TPSA) is 56.7 Å². The molecule has 90 valence electrons. The normalized spacial score (nSPS) is 19.2. The molecule has 0 spiro atoms. The van der Waals surface area contributed by atoms with Crippen molar-refractivity contribution in [3.8, 4) is 0 Å². The summed E-state index contributed by atoms with van der Waals surface area (Å²) in [6.45, 7) is 2.04. The number of aryl methyl sites for hydroxylation is 2. The molecule has 1 aromatic rings. The summed E-state index contributed by atoms with van der Waals surface area (Å²) in [5.74, 6) is 2.74. The van der Waals surface area contributed by atoms with Crippen molar-refractivity contribution in [3.05, 3.63) is 11.6 Å². The number of hydrogen-bond acceptors (Lipinski definition) is 3. The van der Waals surface area contributed by atoms with Gasteiger partial charge in [0.15, 0.2) is 5.82 Å². The van der Waals surface area contributed by atoms with E-state index < -0.39 is 0 Å². The second-order valence-electron chi connectivity index (χ2n) is 5.01. The molecule has 1 saturated carbocycles. The molecule has 16 heavy (non-hydrogen) atoms. The third-order valence-electron chi connectivity index (χ3n) is 3.41. The molecule has 1 aromatic heterocycles.